The normalized spacial score (nSPS) is 17.9. The van der Waals surface area contributed by atoms with Crippen LogP contribution in [0.3, 0.4) is 0 Å². The molecule has 2 aromatic rings. The number of thiophene rings is 1. The Labute approximate surface area is 198 Å². The van der Waals surface area contributed by atoms with Crippen molar-refractivity contribution in [2.24, 2.45) is 0 Å². The number of rotatable bonds is 8. The van der Waals surface area contributed by atoms with Crippen LogP contribution in [0.25, 0.3) is 0 Å². The first-order valence-electron chi connectivity index (χ1n) is 11.0. The SMILES string of the molecule is CN(CC(=O)Nc1cc(S(=O)(=O)N2CCOCC2)ccc1N1CCOCC1)Cc1cccs1. The van der Waals surface area contributed by atoms with Crippen LogP contribution in [0.15, 0.2) is 40.6 Å². The molecule has 11 heteroatoms. The highest BCUT2D eigenvalue weighted by molar-refractivity contribution is 7.89. The smallest absolute Gasteiger partial charge is 0.243 e. The summed E-state index contributed by atoms with van der Waals surface area (Å²) < 4.78 is 38.5. The molecule has 2 fully saturated rings. The van der Waals surface area contributed by atoms with Gasteiger partial charge in [0.05, 0.1) is 49.2 Å². The first-order chi connectivity index (χ1) is 15.9. The van der Waals surface area contributed by atoms with E-state index in [1.807, 2.05) is 29.5 Å². The lowest BCUT2D eigenvalue weighted by molar-refractivity contribution is -0.117. The van der Waals surface area contributed by atoms with Crippen LogP contribution in [0, 0.1) is 0 Å². The summed E-state index contributed by atoms with van der Waals surface area (Å²) >= 11 is 1.65. The summed E-state index contributed by atoms with van der Waals surface area (Å²) in [6, 6.07) is 9.00. The molecule has 9 nitrogen and oxygen atoms in total. The Morgan fingerprint density at radius 3 is 2.45 bits per heavy atom. The summed E-state index contributed by atoms with van der Waals surface area (Å²) in [5.74, 6) is -0.190. The van der Waals surface area contributed by atoms with Crippen LogP contribution in [0.2, 0.25) is 0 Å². The van der Waals surface area contributed by atoms with Gasteiger partial charge in [0.2, 0.25) is 15.9 Å². The van der Waals surface area contributed by atoms with Crippen LogP contribution in [0.5, 0.6) is 0 Å². The first kappa shape index (κ1) is 24.1. The minimum Gasteiger partial charge on any atom is -0.379 e. The van der Waals surface area contributed by atoms with Gasteiger partial charge < -0.3 is 19.7 Å². The third-order valence-corrected chi connectivity index (χ3v) is 8.38. The fourth-order valence-electron chi connectivity index (χ4n) is 3.95. The van der Waals surface area contributed by atoms with E-state index in [4.69, 9.17) is 9.47 Å². The highest BCUT2D eigenvalue weighted by Gasteiger charge is 2.28. The zero-order chi connectivity index (χ0) is 23.3. The highest BCUT2D eigenvalue weighted by atomic mass is 32.2. The number of carbonyl (C=O) groups is 1. The highest BCUT2D eigenvalue weighted by Crippen LogP contribution is 2.31. The van der Waals surface area contributed by atoms with E-state index in [9.17, 15) is 13.2 Å². The molecule has 4 rings (SSSR count). The maximum Gasteiger partial charge on any atom is 0.243 e. The van der Waals surface area contributed by atoms with E-state index in [0.717, 1.165) is 5.69 Å². The van der Waals surface area contributed by atoms with Crippen LogP contribution >= 0.6 is 11.3 Å². The number of morpholine rings is 2. The summed E-state index contributed by atoms with van der Waals surface area (Å²) in [4.78, 5) is 18.3. The summed E-state index contributed by atoms with van der Waals surface area (Å²) in [6.45, 7) is 4.80. The van der Waals surface area contributed by atoms with Gasteiger partial charge in [0, 0.05) is 37.6 Å². The topological polar surface area (TPSA) is 91.4 Å². The Bertz CT molecular complexity index is 1030. The van der Waals surface area contributed by atoms with Gasteiger partial charge in [0.15, 0.2) is 0 Å². The average molecular weight is 495 g/mol. The average Bonchev–Trinajstić information content (AvgIpc) is 3.33. The van der Waals surface area contributed by atoms with Gasteiger partial charge in [-0.3, -0.25) is 9.69 Å². The third-order valence-electron chi connectivity index (χ3n) is 5.62. The molecular weight excluding hydrogens is 464 g/mol. The minimum absolute atomic E-state index is 0.170. The van der Waals surface area contributed by atoms with Crippen LogP contribution in [0.4, 0.5) is 11.4 Å². The van der Waals surface area contributed by atoms with Gasteiger partial charge in [0.25, 0.3) is 0 Å². The van der Waals surface area contributed by atoms with Crippen LogP contribution < -0.4 is 10.2 Å². The number of sulfonamides is 1. The van der Waals surface area contributed by atoms with Gasteiger partial charge in [-0.25, -0.2) is 8.42 Å². The quantitative estimate of drug-likeness (QED) is 0.597. The second-order valence-corrected chi connectivity index (χ2v) is 11.1. The second kappa shape index (κ2) is 10.9. The van der Waals surface area contributed by atoms with E-state index in [1.165, 1.54) is 9.18 Å². The molecule has 0 atom stereocenters. The molecule has 0 spiro atoms. The molecule has 0 bridgehead atoms. The molecule has 1 aromatic heterocycles. The third kappa shape index (κ3) is 6.11. The van der Waals surface area contributed by atoms with Crippen LogP contribution in [0.1, 0.15) is 4.88 Å². The van der Waals surface area contributed by atoms with Crippen molar-refractivity contribution in [3.05, 3.63) is 40.6 Å². The fourth-order valence-corrected chi connectivity index (χ4v) is 6.17. The largest absolute Gasteiger partial charge is 0.379 e. The number of ether oxygens (including phenoxy) is 2. The number of likely N-dealkylation sites (N-methyl/N-ethyl adjacent to an activating group) is 1. The number of hydrogen-bond donors (Lipinski definition) is 1. The van der Waals surface area contributed by atoms with Crippen molar-refractivity contribution < 1.29 is 22.7 Å². The first-order valence-corrected chi connectivity index (χ1v) is 13.3. The van der Waals surface area contributed by atoms with Crippen molar-refractivity contribution in [3.8, 4) is 0 Å². The number of hydrogen-bond acceptors (Lipinski definition) is 8. The van der Waals surface area contributed by atoms with Crippen LogP contribution in [-0.4, -0.2) is 89.7 Å². The summed E-state index contributed by atoms with van der Waals surface area (Å²) in [5, 5.41) is 4.98. The van der Waals surface area contributed by atoms with Crippen molar-refractivity contribution in [1.82, 2.24) is 9.21 Å². The fraction of sp³-hybridized carbons (Fsp3) is 0.500. The number of amides is 1. The van der Waals surface area contributed by atoms with Gasteiger partial charge in [-0.2, -0.15) is 4.31 Å². The standard InChI is InChI=1S/C22H30N4O5S2/c1-24(16-18-3-2-14-32-18)17-22(27)23-20-15-19(33(28,29)26-8-12-31-13-9-26)4-5-21(20)25-6-10-30-11-7-25/h2-5,14-15H,6-13,16-17H2,1H3,(H,23,27). The van der Waals surface area contributed by atoms with Crippen molar-refractivity contribution in [1.29, 1.82) is 0 Å². The Balaban J connectivity index is 1.54. The summed E-state index contributed by atoms with van der Waals surface area (Å²) in [7, 11) is -1.78. The lowest BCUT2D eigenvalue weighted by Crippen LogP contribution is -2.40. The Kier molecular flexibility index (Phi) is 7.99. The molecular formula is C22H30N4O5S2. The summed E-state index contributed by atoms with van der Waals surface area (Å²) in [5.41, 5.74) is 1.30. The molecule has 0 unspecified atom stereocenters. The van der Waals surface area contributed by atoms with Gasteiger partial charge in [-0.05, 0) is 36.7 Å². The molecule has 2 aliphatic rings. The van der Waals surface area contributed by atoms with Crippen molar-refractivity contribution >= 4 is 38.6 Å². The molecule has 180 valence electrons. The lowest BCUT2D eigenvalue weighted by atomic mass is 10.2. The van der Waals surface area contributed by atoms with E-state index in [1.54, 1.807) is 29.5 Å². The van der Waals surface area contributed by atoms with Crippen molar-refractivity contribution in [3.63, 3.8) is 0 Å². The van der Waals surface area contributed by atoms with E-state index >= 15 is 0 Å². The monoisotopic (exact) mass is 494 g/mol. The molecule has 2 aliphatic heterocycles. The Hall–Kier alpha value is -2.02. The van der Waals surface area contributed by atoms with Gasteiger partial charge >= 0.3 is 0 Å². The number of nitrogens with one attached hydrogen (secondary N) is 1. The molecule has 1 N–H and O–H groups in total. The lowest BCUT2D eigenvalue weighted by Gasteiger charge is -2.31. The maximum absolute atomic E-state index is 13.2. The molecule has 3 heterocycles. The Morgan fingerprint density at radius 1 is 1.09 bits per heavy atom. The predicted molar refractivity (Wildman–Crippen MR) is 128 cm³/mol. The molecule has 0 saturated carbocycles. The molecule has 0 radical (unpaired) electrons. The van der Waals surface area contributed by atoms with Crippen LogP contribution in [-0.2, 0) is 30.8 Å². The summed E-state index contributed by atoms with van der Waals surface area (Å²) in [6.07, 6.45) is 0. The van der Waals surface area contributed by atoms with Crippen molar-refractivity contribution in [2.45, 2.75) is 11.4 Å². The molecule has 1 aromatic carbocycles. The zero-order valence-electron chi connectivity index (χ0n) is 18.7. The Morgan fingerprint density at radius 2 is 1.79 bits per heavy atom. The van der Waals surface area contributed by atoms with Crippen molar-refractivity contribution in [2.75, 3.05) is 76.4 Å². The second-order valence-electron chi connectivity index (χ2n) is 8.09. The number of nitrogens with zero attached hydrogens (tertiary/aromatic N) is 3. The number of carbonyl (C=O) groups excluding carboxylic acids is 1. The maximum atomic E-state index is 13.2. The van der Waals surface area contributed by atoms with E-state index in [-0.39, 0.29) is 17.3 Å². The van der Waals surface area contributed by atoms with E-state index in [0.29, 0.717) is 64.8 Å². The molecule has 0 aliphatic carbocycles. The predicted octanol–water partition coefficient (Wildman–Crippen LogP) is 1.68. The minimum atomic E-state index is -3.68. The van der Waals surface area contributed by atoms with E-state index < -0.39 is 10.0 Å². The number of anilines is 2. The molecule has 1 amide bonds. The molecule has 33 heavy (non-hydrogen) atoms. The van der Waals surface area contributed by atoms with Gasteiger partial charge in [-0.1, -0.05) is 6.07 Å². The van der Waals surface area contributed by atoms with Gasteiger partial charge in [-0.15, -0.1) is 11.3 Å². The molecule has 2 saturated heterocycles. The van der Waals surface area contributed by atoms with E-state index in [2.05, 4.69) is 10.2 Å². The number of benzene rings is 1. The zero-order valence-corrected chi connectivity index (χ0v) is 20.4. The van der Waals surface area contributed by atoms with Gasteiger partial charge in [0.1, 0.15) is 0 Å².